The Hall–Kier alpha value is -0.490. The Morgan fingerprint density at radius 3 is 2.48 bits per heavy atom. The van der Waals surface area contributed by atoms with Crippen molar-refractivity contribution in [3.63, 3.8) is 0 Å². The van der Waals surface area contributed by atoms with Gasteiger partial charge in [0.1, 0.15) is 5.78 Å². The molecule has 0 radical (unpaired) electrons. The van der Waals surface area contributed by atoms with Gasteiger partial charge in [0, 0.05) is 32.0 Å². The summed E-state index contributed by atoms with van der Waals surface area (Å²) in [5, 5.41) is 11.0. The minimum Gasteiger partial charge on any atom is -0.387 e. The summed E-state index contributed by atoms with van der Waals surface area (Å²) in [5.74, 6) is 4.92. The van der Waals surface area contributed by atoms with E-state index in [0.717, 1.165) is 62.8 Å². The maximum absolute atomic E-state index is 13.4. The van der Waals surface area contributed by atoms with E-state index in [0.29, 0.717) is 24.2 Å². The van der Waals surface area contributed by atoms with E-state index >= 15 is 0 Å². The third kappa shape index (κ3) is 3.05. The van der Waals surface area contributed by atoms with Gasteiger partial charge in [0.2, 0.25) is 0 Å². The van der Waals surface area contributed by atoms with Gasteiger partial charge in [-0.15, -0.1) is 0 Å². The number of nitrogens with zero attached hydrogens (tertiary/aromatic N) is 1. The molecule has 0 aromatic heterocycles. The number of hydrogen-bond donors (Lipinski definition) is 1. The Morgan fingerprint density at radius 2 is 1.71 bits per heavy atom. The average molecular weight is 432 g/mol. The number of ether oxygens (including phenoxy) is 2. The quantitative estimate of drug-likeness (QED) is 0.741. The molecule has 5 heteroatoms. The van der Waals surface area contributed by atoms with Gasteiger partial charge in [-0.1, -0.05) is 6.92 Å². The van der Waals surface area contributed by atoms with E-state index in [1.165, 1.54) is 38.5 Å². The summed E-state index contributed by atoms with van der Waals surface area (Å²) in [6, 6.07) is 0. The fourth-order valence-corrected chi connectivity index (χ4v) is 9.75. The number of rotatable bonds is 4. The van der Waals surface area contributed by atoms with Crippen LogP contribution < -0.4 is 0 Å². The van der Waals surface area contributed by atoms with Gasteiger partial charge in [-0.25, -0.2) is 0 Å². The van der Waals surface area contributed by atoms with Crippen molar-refractivity contribution < 1.29 is 19.4 Å². The van der Waals surface area contributed by atoms with Crippen molar-refractivity contribution >= 4 is 5.78 Å². The lowest BCUT2D eigenvalue weighted by Crippen LogP contribution is -2.51. The third-order valence-corrected chi connectivity index (χ3v) is 11.2. The molecule has 10 atom stereocenters. The molecular formula is C26H41NO4. The molecule has 5 nitrogen and oxygen atoms in total. The van der Waals surface area contributed by atoms with Gasteiger partial charge in [-0.3, -0.25) is 9.69 Å². The fourth-order valence-electron chi connectivity index (χ4n) is 9.75. The van der Waals surface area contributed by atoms with Crippen molar-refractivity contribution in [1.82, 2.24) is 4.90 Å². The maximum atomic E-state index is 13.4. The number of methoxy groups -OCH3 is 1. The molecule has 1 heterocycles. The number of aliphatic hydroxyl groups is 1. The van der Waals surface area contributed by atoms with E-state index in [1.807, 2.05) is 0 Å². The predicted molar refractivity (Wildman–Crippen MR) is 117 cm³/mol. The average Bonchev–Trinajstić information content (AvgIpc) is 3.23. The number of carbonyl (C=O) groups is 1. The Kier molecular flexibility index (Phi) is 5.11. The molecule has 6 aliphatic rings. The highest BCUT2D eigenvalue weighted by Gasteiger charge is 2.72. The van der Waals surface area contributed by atoms with Crippen molar-refractivity contribution in [2.75, 3.05) is 40.0 Å². The molecule has 0 bridgehead atoms. The molecule has 1 aliphatic heterocycles. The first-order valence-electron chi connectivity index (χ1n) is 13.1. The summed E-state index contributed by atoms with van der Waals surface area (Å²) >= 11 is 0. The summed E-state index contributed by atoms with van der Waals surface area (Å²) in [6.45, 7) is 6.45. The van der Waals surface area contributed by atoms with Crippen molar-refractivity contribution in [3.05, 3.63) is 0 Å². The minimum atomic E-state index is -0.518. The van der Waals surface area contributed by atoms with Crippen molar-refractivity contribution in [3.8, 4) is 0 Å². The van der Waals surface area contributed by atoms with Crippen LogP contribution in [0.5, 0.6) is 0 Å². The van der Waals surface area contributed by atoms with Crippen LogP contribution in [0.4, 0.5) is 0 Å². The number of hydrogen-bond acceptors (Lipinski definition) is 5. The van der Waals surface area contributed by atoms with Crippen molar-refractivity contribution in [1.29, 1.82) is 0 Å². The van der Waals surface area contributed by atoms with E-state index in [1.54, 1.807) is 7.11 Å². The van der Waals surface area contributed by atoms with Crippen LogP contribution in [0.1, 0.15) is 58.3 Å². The number of Topliss-reactive ketones (excluding diaryl/α,β-unsaturated/α-hetero) is 1. The van der Waals surface area contributed by atoms with Crippen molar-refractivity contribution in [2.24, 2.45) is 46.8 Å². The zero-order valence-corrected chi connectivity index (χ0v) is 19.4. The zero-order valence-electron chi connectivity index (χ0n) is 19.4. The molecule has 31 heavy (non-hydrogen) atoms. The largest absolute Gasteiger partial charge is 0.387 e. The van der Waals surface area contributed by atoms with Crippen LogP contribution in [-0.2, 0) is 14.3 Å². The van der Waals surface area contributed by atoms with Gasteiger partial charge < -0.3 is 14.6 Å². The Labute approximate surface area is 187 Å². The molecule has 0 amide bonds. The third-order valence-electron chi connectivity index (χ3n) is 11.2. The lowest BCUT2D eigenvalue weighted by molar-refractivity contribution is -0.133. The van der Waals surface area contributed by atoms with Crippen LogP contribution in [0.3, 0.4) is 0 Å². The van der Waals surface area contributed by atoms with Gasteiger partial charge in [0.15, 0.2) is 0 Å². The second kappa shape index (κ2) is 7.51. The number of fused-ring (bicyclic) bond motifs is 7. The van der Waals surface area contributed by atoms with E-state index in [-0.39, 0.29) is 17.4 Å². The molecule has 1 N–H and O–H groups in total. The van der Waals surface area contributed by atoms with Crippen LogP contribution in [0.15, 0.2) is 0 Å². The zero-order chi connectivity index (χ0) is 21.4. The number of carbonyl (C=O) groups excluding carboxylic acids is 1. The standard InChI is InChI=1S/C26H41NO4/c1-25-9-7-16-17-8-10-26(29)23(24(26)30-2)19(17)4-3-18(16)20(25)5-6-21(25)22(28)15-27-11-13-31-14-12-27/h16-21,23-24,29H,3-15H2,1-2H3. The lowest BCUT2D eigenvalue weighted by Gasteiger charge is -2.55. The topological polar surface area (TPSA) is 59.0 Å². The summed E-state index contributed by atoms with van der Waals surface area (Å²) in [7, 11) is 1.78. The van der Waals surface area contributed by atoms with E-state index < -0.39 is 5.60 Å². The van der Waals surface area contributed by atoms with Gasteiger partial charge in [-0.05, 0) is 86.4 Å². The van der Waals surface area contributed by atoms with Crippen molar-refractivity contribution in [2.45, 2.75) is 70.0 Å². The highest BCUT2D eigenvalue weighted by molar-refractivity contribution is 5.84. The first kappa shape index (κ1) is 21.1. The van der Waals surface area contributed by atoms with Gasteiger partial charge >= 0.3 is 0 Å². The Bertz CT molecular complexity index is 722. The molecule has 5 aliphatic carbocycles. The van der Waals surface area contributed by atoms with Gasteiger partial charge in [0.25, 0.3) is 0 Å². The van der Waals surface area contributed by atoms with Crippen LogP contribution in [-0.4, -0.2) is 67.5 Å². The van der Waals surface area contributed by atoms with Crippen LogP contribution in [0, 0.1) is 46.8 Å². The molecule has 5 saturated carbocycles. The first-order valence-corrected chi connectivity index (χ1v) is 13.1. The summed E-state index contributed by atoms with van der Waals surface area (Å²) in [6.07, 6.45) is 9.65. The summed E-state index contributed by atoms with van der Waals surface area (Å²) in [4.78, 5) is 15.7. The maximum Gasteiger partial charge on any atom is 0.150 e. The van der Waals surface area contributed by atoms with E-state index in [2.05, 4.69) is 11.8 Å². The smallest absolute Gasteiger partial charge is 0.150 e. The molecule has 0 spiro atoms. The molecule has 6 fully saturated rings. The number of ketones is 1. The van der Waals surface area contributed by atoms with Crippen LogP contribution in [0.25, 0.3) is 0 Å². The molecular weight excluding hydrogens is 390 g/mol. The van der Waals surface area contributed by atoms with Crippen LogP contribution in [0.2, 0.25) is 0 Å². The Morgan fingerprint density at radius 1 is 1.00 bits per heavy atom. The molecule has 1 saturated heterocycles. The molecule has 6 rings (SSSR count). The molecule has 0 aromatic carbocycles. The Balaban J connectivity index is 1.16. The predicted octanol–water partition coefficient (Wildman–Crippen LogP) is 3.14. The number of morpholine rings is 1. The normalized spacial score (nSPS) is 53.8. The molecule has 10 unspecified atom stereocenters. The molecule has 174 valence electrons. The fraction of sp³-hybridized carbons (Fsp3) is 0.962. The highest BCUT2D eigenvalue weighted by Crippen LogP contribution is 2.69. The first-order chi connectivity index (χ1) is 15.0. The van der Waals surface area contributed by atoms with E-state index in [9.17, 15) is 9.90 Å². The van der Waals surface area contributed by atoms with Gasteiger partial charge in [-0.2, -0.15) is 0 Å². The highest BCUT2D eigenvalue weighted by atomic mass is 16.5. The van der Waals surface area contributed by atoms with E-state index in [4.69, 9.17) is 9.47 Å². The summed E-state index contributed by atoms with van der Waals surface area (Å²) in [5.41, 5.74) is -0.308. The second-order valence-electron chi connectivity index (χ2n) is 12.1. The van der Waals surface area contributed by atoms with Crippen LogP contribution >= 0.6 is 0 Å². The molecule has 0 aromatic rings. The van der Waals surface area contributed by atoms with Gasteiger partial charge in [0.05, 0.1) is 31.5 Å². The lowest BCUT2D eigenvalue weighted by atomic mass is 9.49. The monoisotopic (exact) mass is 431 g/mol. The SMILES string of the molecule is COC1C2C3CCC4C(CCC5(C)C(C(=O)CN6CCOCC6)CCC45)C3CCC12O. The second-order valence-corrected chi connectivity index (χ2v) is 12.1. The summed E-state index contributed by atoms with van der Waals surface area (Å²) < 4.78 is 11.2. The minimum absolute atomic E-state index is 0.0848.